The molecular formula is C15H23ClN2O. The molecule has 1 aromatic rings. The molecule has 2 fully saturated rings. The van der Waals surface area contributed by atoms with Crippen LogP contribution in [-0.4, -0.2) is 15.9 Å². The van der Waals surface area contributed by atoms with Gasteiger partial charge in [0.2, 0.25) is 0 Å². The molecule has 1 aromatic heterocycles. The van der Waals surface area contributed by atoms with Gasteiger partial charge < -0.3 is 4.74 Å². The number of hydrogen-bond acceptors (Lipinski definition) is 2. The first-order chi connectivity index (χ1) is 9.34. The van der Waals surface area contributed by atoms with Gasteiger partial charge in [-0.15, -0.1) is 0 Å². The van der Waals surface area contributed by atoms with Crippen molar-refractivity contribution in [1.29, 1.82) is 0 Å². The number of hydrogen-bond donors (Lipinski definition) is 0. The Bertz CT molecular complexity index is 406. The molecule has 0 aliphatic heterocycles. The van der Waals surface area contributed by atoms with E-state index >= 15 is 0 Å². The number of halogens is 1. The van der Waals surface area contributed by atoms with Crippen molar-refractivity contribution in [3.63, 3.8) is 0 Å². The van der Waals surface area contributed by atoms with E-state index in [2.05, 4.69) is 5.10 Å². The van der Waals surface area contributed by atoms with E-state index < -0.39 is 0 Å². The molecule has 2 aliphatic rings. The van der Waals surface area contributed by atoms with Crippen LogP contribution in [0.15, 0.2) is 6.20 Å². The van der Waals surface area contributed by atoms with Gasteiger partial charge >= 0.3 is 0 Å². The molecule has 19 heavy (non-hydrogen) atoms. The second-order valence-electron chi connectivity index (χ2n) is 5.91. The van der Waals surface area contributed by atoms with Crippen LogP contribution in [0.1, 0.15) is 70.3 Å². The molecule has 3 rings (SSSR count). The van der Waals surface area contributed by atoms with Crippen LogP contribution < -0.4 is 4.74 Å². The third kappa shape index (κ3) is 3.07. The van der Waals surface area contributed by atoms with Gasteiger partial charge in [-0.2, -0.15) is 5.10 Å². The van der Waals surface area contributed by atoms with Gasteiger partial charge in [-0.3, -0.25) is 0 Å². The molecular weight excluding hydrogens is 260 g/mol. The minimum atomic E-state index is 0.343. The molecule has 0 radical (unpaired) electrons. The summed E-state index contributed by atoms with van der Waals surface area (Å²) in [7, 11) is 0. The van der Waals surface area contributed by atoms with E-state index in [1.165, 1.54) is 51.4 Å². The Kier molecular flexibility index (Phi) is 4.31. The van der Waals surface area contributed by atoms with E-state index in [1.807, 2.05) is 10.9 Å². The lowest BCUT2D eigenvalue weighted by molar-refractivity contribution is 0.154. The fourth-order valence-corrected chi connectivity index (χ4v) is 3.63. The predicted octanol–water partition coefficient (Wildman–Crippen LogP) is 4.75. The molecule has 0 N–H and O–H groups in total. The zero-order valence-electron chi connectivity index (χ0n) is 11.5. The van der Waals surface area contributed by atoms with Gasteiger partial charge in [-0.25, -0.2) is 4.68 Å². The molecule has 4 heteroatoms. The number of nitrogens with zero attached hydrogens (tertiary/aromatic N) is 2. The van der Waals surface area contributed by atoms with Gasteiger partial charge in [0, 0.05) is 0 Å². The molecule has 0 atom stereocenters. The molecule has 0 amide bonds. The van der Waals surface area contributed by atoms with E-state index in [4.69, 9.17) is 16.3 Å². The third-order valence-corrected chi connectivity index (χ3v) is 4.83. The summed E-state index contributed by atoms with van der Waals surface area (Å²) < 4.78 is 8.03. The fourth-order valence-electron chi connectivity index (χ4n) is 3.35. The maximum atomic E-state index is 6.45. The minimum Gasteiger partial charge on any atom is -0.486 e. The first-order valence-electron chi connectivity index (χ1n) is 7.74. The standard InChI is InChI=1S/C15H23ClN2O/c16-15-14(19-13-9-5-2-6-10-13)11-17-18(15)12-7-3-1-4-8-12/h11-13H,1-10H2. The molecule has 0 bridgehead atoms. The van der Waals surface area contributed by atoms with Crippen LogP contribution in [0, 0.1) is 0 Å². The summed E-state index contributed by atoms with van der Waals surface area (Å²) >= 11 is 6.45. The van der Waals surface area contributed by atoms with Crippen molar-refractivity contribution in [2.24, 2.45) is 0 Å². The van der Waals surface area contributed by atoms with Crippen LogP contribution in [0.2, 0.25) is 5.15 Å². The summed E-state index contributed by atoms with van der Waals surface area (Å²) in [5, 5.41) is 5.17. The minimum absolute atomic E-state index is 0.343. The van der Waals surface area contributed by atoms with Crippen LogP contribution >= 0.6 is 11.6 Å². The van der Waals surface area contributed by atoms with E-state index in [0.717, 1.165) is 18.6 Å². The maximum Gasteiger partial charge on any atom is 0.176 e. The SMILES string of the molecule is Clc1c(OC2CCCCC2)cnn1C1CCCCC1. The van der Waals surface area contributed by atoms with Gasteiger partial charge in [0.1, 0.15) is 0 Å². The Balaban J connectivity index is 1.67. The zero-order chi connectivity index (χ0) is 13.1. The highest BCUT2D eigenvalue weighted by molar-refractivity contribution is 6.31. The van der Waals surface area contributed by atoms with Gasteiger partial charge in [-0.05, 0) is 38.5 Å². The van der Waals surface area contributed by atoms with Crippen molar-refractivity contribution in [3.05, 3.63) is 11.3 Å². The van der Waals surface area contributed by atoms with E-state index in [-0.39, 0.29) is 0 Å². The second kappa shape index (κ2) is 6.17. The summed E-state index contributed by atoms with van der Waals surface area (Å²) in [6.45, 7) is 0. The Hall–Kier alpha value is -0.700. The predicted molar refractivity (Wildman–Crippen MR) is 76.9 cm³/mol. The highest BCUT2D eigenvalue weighted by atomic mass is 35.5. The molecule has 2 saturated carbocycles. The lowest BCUT2D eigenvalue weighted by Crippen LogP contribution is -2.19. The summed E-state index contributed by atoms with van der Waals surface area (Å²) in [6, 6.07) is 0.477. The van der Waals surface area contributed by atoms with Crippen molar-refractivity contribution in [1.82, 2.24) is 9.78 Å². The van der Waals surface area contributed by atoms with Gasteiger partial charge in [-0.1, -0.05) is 37.3 Å². The monoisotopic (exact) mass is 282 g/mol. The Morgan fingerprint density at radius 2 is 1.63 bits per heavy atom. The quantitative estimate of drug-likeness (QED) is 0.800. The molecule has 2 aliphatic carbocycles. The van der Waals surface area contributed by atoms with Crippen LogP contribution in [0.4, 0.5) is 0 Å². The average molecular weight is 283 g/mol. The van der Waals surface area contributed by atoms with Gasteiger partial charge in [0.05, 0.1) is 18.3 Å². The maximum absolute atomic E-state index is 6.45. The normalized spacial score (nSPS) is 22.6. The Labute approximate surface area is 120 Å². The van der Waals surface area contributed by atoms with Crippen LogP contribution in [0.3, 0.4) is 0 Å². The first-order valence-corrected chi connectivity index (χ1v) is 8.12. The van der Waals surface area contributed by atoms with Crippen molar-refractivity contribution < 1.29 is 4.74 Å². The first kappa shape index (κ1) is 13.3. The topological polar surface area (TPSA) is 27.1 Å². The molecule has 0 aromatic carbocycles. The summed E-state index contributed by atoms with van der Waals surface area (Å²) in [4.78, 5) is 0. The summed E-state index contributed by atoms with van der Waals surface area (Å²) in [6.07, 6.45) is 14.7. The van der Waals surface area contributed by atoms with Gasteiger partial charge in [0.25, 0.3) is 0 Å². The van der Waals surface area contributed by atoms with Crippen LogP contribution in [-0.2, 0) is 0 Å². The van der Waals surface area contributed by atoms with E-state index in [1.54, 1.807) is 0 Å². The molecule has 1 heterocycles. The molecule has 0 unspecified atom stereocenters. The highest BCUT2D eigenvalue weighted by Crippen LogP contribution is 2.35. The average Bonchev–Trinajstić information content (AvgIpc) is 2.82. The number of ether oxygens (including phenoxy) is 1. The summed E-state index contributed by atoms with van der Waals surface area (Å²) in [5.74, 6) is 0.791. The molecule has 0 spiro atoms. The van der Waals surface area contributed by atoms with Crippen molar-refractivity contribution in [2.75, 3.05) is 0 Å². The van der Waals surface area contributed by atoms with E-state index in [0.29, 0.717) is 17.3 Å². The van der Waals surface area contributed by atoms with E-state index in [9.17, 15) is 0 Å². The highest BCUT2D eigenvalue weighted by Gasteiger charge is 2.23. The lowest BCUT2D eigenvalue weighted by atomic mass is 9.96. The Morgan fingerprint density at radius 3 is 2.32 bits per heavy atom. The molecule has 0 saturated heterocycles. The van der Waals surface area contributed by atoms with Crippen LogP contribution in [0.25, 0.3) is 0 Å². The Morgan fingerprint density at radius 1 is 1.00 bits per heavy atom. The van der Waals surface area contributed by atoms with Crippen LogP contribution in [0.5, 0.6) is 5.75 Å². The van der Waals surface area contributed by atoms with Crippen molar-refractivity contribution >= 4 is 11.6 Å². The number of rotatable bonds is 3. The second-order valence-corrected chi connectivity index (χ2v) is 6.27. The summed E-state index contributed by atoms with van der Waals surface area (Å²) in [5.41, 5.74) is 0. The fraction of sp³-hybridized carbons (Fsp3) is 0.800. The largest absolute Gasteiger partial charge is 0.486 e. The van der Waals surface area contributed by atoms with Crippen molar-refractivity contribution in [3.8, 4) is 5.75 Å². The van der Waals surface area contributed by atoms with Crippen molar-refractivity contribution in [2.45, 2.75) is 76.4 Å². The molecule has 106 valence electrons. The molecule has 3 nitrogen and oxygen atoms in total. The lowest BCUT2D eigenvalue weighted by Gasteiger charge is -2.24. The third-order valence-electron chi connectivity index (χ3n) is 4.47. The smallest absolute Gasteiger partial charge is 0.176 e. The van der Waals surface area contributed by atoms with Gasteiger partial charge in [0.15, 0.2) is 10.9 Å². The number of aromatic nitrogens is 2. The zero-order valence-corrected chi connectivity index (χ0v) is 12.2.